The molecular weight excluding hydrogens is 1050 g/mol. The van der Waals surface area contributed by atoms with E-state index in [9.17, 15) is 0 Å². The van der Waals surface area contributed by atoms with Crippen LogP contribution in [0.3, 0.4) is 0 Å². The number of rotatable bonds is 3. The van der Waals surface area contributed by atoms with Crippen LogP contribution in [0, 0.1) is 6.92 Å². The molecular formula is C83H85BN2O. The maximum Gasteiger partial charge on any atom is 0.252 e. The van der Waals surface area contributed by atoms with Crippen molar-refractivity contribution in [1.82, 2.24) is 0 Å². The summed E-state index contributed by atoms with van der Waals surface area (Å²) in [6.45, 7) is 41.6. The van der Waals surface area contributed by atoms with Crippen molar-refractivity contribution < 1.29 is 4.42 Å². The fourth-order valence-electron chi connectivity index (χ4n) is 18.2. The lowest BCUT2D eigenvalue weighted by molar-refractivity contribution is 0.332. The van der Waals surface area contributed by atoms with Crippen molar-refractivity contribution in [3.8, 4) is 11.1 Å². The predicted molar refractivity (Wildman–Crippen MR) is 370 cm³/mol. The van der Waals surface area contributed by atoms with E-state index in [4.69, 9.17) is 4.42 Å². The van der Waals surface area contributed by atoms with E-state index in [2.05, 4.69) is 285 Å². The summed E-state index contributed by atoms with van der Waals surface area (Å²) in [5, 5.41) is 2.39. The molecule has 9 aromatic carbocycles. The highest BCUT2D eigenvalue weighted by molar-refractivity contribution is 7.00. The lowest BCUT2D eigenvalue weighted by atomic mass is 9.33. The summed E-state index contributed by atoms with van der Waals surface area (Å²) in [7, 11) is 0. The standard InChI is InChI=1S/C83H85BN2O/c1-48-39-59-61(78(6,7)37-35-76(59,2)3)45-68(48)86-71-41-50(49-25-19-18-20-26-49)40-70-73(71)84(66-34-32-52-53-43-60-62(47-72(53)87-75(52)74(66)86)79(8,9)38-36-77(60,4)5)67-44-64-65(83(16,17)57-30-24-23-29-56(57)82(64,14)15)46-69(67)85(70)51-31-33-58-63(42-51)81(12,13)55-28-22-21-27-54(55)80(58,10)11/h18-34,39-47H,35-38H2,1-17H3. The molecule has 0 fully saturated rings. The molecule has 0 bridgehead atoms. The quantitative estimate of drug-likeness (QED) is 0.164. The van der Waals surface area contributed by atoms with E-state index in [-0.39, 0.29) is 50.0 Å². The molecule has 0 amide bonds. The number of nitrogens with zero attached hydrogens (tertiary/aromatic N) is 2. The summed E-state index contributed by atoms with van der Waals surface area (Å²) in [5.74, 6) is 0. The molecule has 10 aromatic rings. The average molecular weight is 1140 g/mol. The van der Waals surface area contributed by atoms with Crippen LogP contribution in [0.4, 0.5) is 34.1 Å². The van der Waals surface area contributed by atoms with Gasteiger partial charge in [0.25, 0.3) is 6.71 Å². The topological polar surface area (TPSA) is 19.6 Å². The number of benzene rings is 9. The molecule has 0 unspecified atom stereocenters. The first kappa shape index (κ1) is 54.8. The Morgan fingerprint density at radius 2 is 0.805 bits per heavy atom. The van der Waals surface area contributed by atoms with Gasteiger partial charge in [0, 0.05) is 60.9 Å². The van der Waals surface area contributed by atoms with Crippen LogP contribution in [0.2, 0.25) is 0 Å². The van der Waals surface area contributed by atoms with Crippen molar-refractivity contribution in [1.29, 1.82) is 0 Å². The number of fused-ring (bicyclic) bond motifs is 14. The van der Waals surface area contributed by atoms with Crippen LogP contribution in [0.15, 0.2) is 162 Å². The molecule has 4 heteroatoms. The number of furan rings is 1. The van der Waals surface area contributed by atoms with Gasteiger partial charge >= 0.3 is 0 Å². The fourth-order valence-corrected chi connectivity index (χ4v) is 18.2. The molecule has 1 aromatic heterocycles. The molecule has 436 valence electrons. The zero-order chi connectivity index (χ0) is 60.8. The molecule has 0 spiro atoms. The second-order valence-electron chi connectivity index (χ2n) is 32.3. The van der Waals surface area contributed by atoms with E-state index in [0.717, 1.165) is 42.5 Å². The lowest BCUT2D eigenvalue weighted by Gasteiger charge is -2.49. The minimum atomic E-state index is -0.276. The van der Waals surface area contributed by atoms with Crippen LogP contribution >= 0.6 is 0 Å². The third-order valence-electron chi connectivity index (χ3n) is 23.8. The summed E-state index contributed by atoms with van der Waals surface area (Å²) >= 11 is 0. The number of hydrogen-bond acceptors (Lipinski definition) is 3. The third-order valence-corrected chi connectivity index (χ3v) is 23.8. The Kier molecular flexibility index (Phi) is 11.0. The van der Waals surface area contributed by atoms with Crippen LogP contribution in [-0.4, -0.2) is 6.71 Å². The van der Waals surface area contributed by atoms with Crippen LogP contribution in [0.5, 0.6) is 0 Å². The number of aryl methyl sites for hydroxylation is 1. The Bertz CT molecular complexity index is 4670. The van der Waals surface area contributed by atoms with Gasteiger partial charge in [0.2, 0.25) is 0 Å². The smallest absolute Gasteiger partial charge is 0.252 e. The Morgan fingerprint density at radius 3 is 1.38 bits per heavy atom. The summed E-state index contributed by atoms with van der Waals surface area (Å²) < 4.78 is 7.76. The van der Waals surface area contributed by atoms with E-state index in [0.29, 0.717) is 0 Å². The summed E-state index contributed by atoms with van der Waals surface area (Å²) in [5.41, 5.74) is 32.9. The largest absolute Gasteiger partial charge is 0.454 e. The van der Waals surface area contributed by atoms with Crippen LogP contribution in [0.25, 0.3) is 33.1 Å². The second-order valence-corrected chi connectivity index (χ2v) is 32.3. The van der Waals surface area contributed by atoms with Gasteiger partial charge in [-0.05, 0) is 203 Å². The van der Waals surface area contributed by atoms with Gasteiger partial charge in [-0.2, -0.15) is 0 Å². The van der Waals surface area contributed by atoms with Crippen molar-refractivity contribution in [3.05, 3.63) is 230 Å². The van der Waals surface area contributed by atoms with Crippen molar-refractivity contribution >= 4 is 79.2 Å². The van der Waals surface area contributed by atoms with Crippen molar-refractivity contribution in [2.45, 2.75) is 187 Å². The van der Waals surface area contributed by atoms with Gasteiger partial charge in [0.15, 0.2) is 5.58 Å². The maximum atomic E-state index is 7.76. The molecule has 3 heterocycles. The summed E-state index contributed by atoms with van der Waals surface area (Å²) in [6.07, 6.45) is 4.59. The van der Waals surface area contributed by atoms with Gasteiger partial charge < -0.3 is 14.2 Å². The normalized spacial score (nSPS) is 20.0. The van der Waals surface area contributed by atoms with E-state index in [1.807, 2.05) is 0 Å². The molecule has 0 saturated heterocycles. The van der Waals surface area contributed by atoms with Gasteiger partial charge in [-0.15, -0.1) is 0 Å². The average Bonchev–Trinajstić information content (AvgIpc) is 1.39. The number of hydrogen-bond donors (Lipinski definition) is 0. The minimum Gasteiger partial charge on any atom is -0.454 e. The zero-order valence-electron chi connectivity index (χ0n) is 54.7. The zero-order valence-corrected chi connectivity index (χ0v) is 54.7. The van der Waals surface area contributed by atoms with E-state index in [1.54, 1.807) is 0 Å². The van der Waals surface area contributed by atoms with Crippen molar-refractivity contribution in [2.75, 3.05) is 9.80 Å². The summed E-state index contributed by atoms with van der Waals surface area (Å²) in [4.78, 5) is 5.43. The molecule has 87 heavy (non-hydrogen) atoms. The fraction of sp³-hybridized carbons (Fsp3) is 0.349. The Balaban J connectivity index is 1.07. The van der Waals surface area contributed by atoms with Crippen LogP contribution in [0.1, 0.15) is 209 Å². The molecule has 0 atom stereocenters. The molecule has 0 radical (unpaired) electrons. The maximum absolute atomic E-state index is 7.76. The summed E-state index contributed by atoms with van der Waals surface area (Å²) in [6, 6.07) is 62.8. The number of anilines is 6. The molecule has 3 nitrogen and oxygen atoms in total. The first-order chi connectivity index (χ1) is 41.0. The van der Waals surface area contributed by atoms with Gasteiger partial charge in [-0.1, -0.05) is 220 Å². The SMILES string of the molecule is Cc1cc2c(cc1N1c3cc(-c4ccccc4)cc4c3B(c3cc5c(cc3N4c3ccc4c(c3)C(C)(C)c3ccccc3C4(C)C)C(C)(C)c3ccccc3C5(C)C)c3ccc4c(oc5cc6c(cc54)C(C)(C)CCC6(C)C)c31)C(C)(C)CCC2(C)C. The third kappa shape index (κ3) is 7.31. The minimum absolute atomic E-state index is 0.0207. The van der Waals surface area contributed by atoms with Crippen molar-refractivity contribution in [2.24, 2.45) is 0 Å². The Morgan fingerprint density at radius 1 is 0.345 bits per heavy atom. The molecule has 6 aliphatic rings. The first-order valence-electron chi connectivity index (χ1n) is 32.6. The second kappa shape index (κ2) is 17.4. The highest BCUT2D eigenvalue weighted by Crippen LogP contribution is 2.58. The van der Waals surface area contributed by atoms with Gasteiger partial charge in [0.1, 0.15) is 5.58 Å². The van der Waals surface area contributed by atoms with Crippen LogP contribution < -0.4 is 26.2 Å². The van der Waals surface area contributed by atoms with Gasteiger partial charge in [-0.3, -0.25) is 0 Å². The highest BCUT2D eigenvalue weighted by atomic mass is 16.3. The van der Waals surface area contributed by atoms with E-state index >= 15 is 0 Å². The molecule has 0 N–H and O–H groups in total. The highest BCUT2D eigenvalue weighted by Gasteiger charge is 2.51. The van der Waals surface area contributed by atoms with E-state index < -0.39 is 0 Å². The first-order valence-corrected chi connectivity index (χ1v) is 32.6. The molecule has 16 rings (SSSR count). The molecule has 2 aliphatic heterocycles. The van der Waals surface area contributed by atoms with Crippen molar-refractivity contribution in [3.63, 3.8) is 0 Å². The van der Waals surface area contributed by atoms with E-state index in [1.165, 1.54) is 139 Å². The monoisotopic (exact) mass is 1140 g/mol. The van der Waals surface area contributed by atoms with Gasteiger partial charge in [0.05, 0.1) is 5.69 Å². The lowest BCUT2D eigenvalue weighted by Crippen LogP contribution is -2.62. The Labute approximate surface area is 518 Å². The predicted octanol–water partition coefficient (Wildman–Crippen LogP) is 20.3. The molecule has 0 saturated carbocycles. The van der Waals surface area contributed by atoms with Gasteiger partial charge in [-0.25, -0.2) is 0 Å². The van der Waals surface area contributed by atoms with Crippen LogP contribution in [-0.2, 0) is 43.3 Å². The Hall–Kier alpha value is -7.56. The molecule has 4 aliphatic carbocycles.